The van der Waals surface area contributed by atoms with Gasteiger partial charge in [0, 0.05) is 5.56 Å². The molecule has 0 radical (unpaired) electrons. The number of hydrogen-bond donors (Lipinski definition) is 0. The van der Waals surface area contributed by atoms with E-state index in [-0.39, 0.29) is 0 Å². The number of rotatable bonds is 8. The third-order valence-electron chi connectivity index (χ3n) is 5.14. The first-order valence-corrected chi connectivity index (χ1v) is 10.3. The predicted octanol–water partition coefficient (Wildman–Crippen LogP) is 5.27. The van der Waals surface area contributed by atoms with Gasteiger partial charge >= 0.3 is 5.97 Å². The van der Waals surface area contributed by atoms with Gasteiger partial charge in [-0.15, -0.1) is 0 Å². The van der Waals surface area contributed by atoms with Gasteiger partial charge in [-0.1, -0.05) is 36.4 Å². The average Bonchev–Trinajstić information content (AvgIpc) is 3.23. The summed E-state index contributed by atoms with van der Waals surface area (Å²) in [6, 6.07) is 20.8. The molecular weight excluding hydrogens is 420 g/mol. The van der Waals surface area contributed by atoms with Gasteiger partial charge in [-0.3, -0.25) is 0 Å². The zero-order chi connectivity index (χ0) is 23.2. The van der Waals surface area contributed by atoms with Gasteiger partial charge in [0.2, 0.25) is 0 Å². The largest absolute Gasteiger partial charge is 0.493 e. The van der Waals surface area contributed by atoms with Crippen molar-refractivity contribution < 1.29 is 28.5 Å². The van der Waals surface area contributed by atoms with Gasteiger partial charge in [-0.2, -0.15) is 0 Å². The Morgan fingerprint density at radius 2 is 1.48 bits per heavy atom. The summed E-state index contributed by atoms with van der Waals surface area (Å²) in [5.41, 5.74) is 2.99. The number of ether oxygens (including phenoxy) is 5. The number of carbonyl (C=O) groups is 1. The molecule has 0 aliphatic carbocycles. The van der Waals surface area contributed by atoms with E-state index in [1.165, 1.54) is 0 Å². The van der Waals surface area contributed by atoms with E-state index in [0.717, 1.165) is 11.1 Å². The molecule has 1 aliphatic rings. The maximum absolute atomic E-state index is 12.5. The van der Waals surface area contributed by atoms with Crippen molar-refractivity contribution in [3.63, 3.8) is 0 Å². The monoisotopic (exact) mass is 444 g/mol. The van der Waals surface area contributed by atoms with Crippen LogP contribution in [0.25, 0.3) is 11.8 Å². The van der Waals surface area contributed by atoms with Crippen LogP contribution in [-0.4, -0.2) is 27.3 Å². The van der Waals surface area contributed by atoms with Gasteiger partial charge in [0.25, 0.3) is 0 Å². The van der Waals surface area contributed by atoms with Crippen molar-refractivity contribution in [2.45, 2.75) is 6.61 Å². The predicted molar refractivity (Wildman–Crippen MR) is 125 cm³/mol. The summed E-state index contributed by atoms with van der Waals surface area (Å²) in [4.78, 5) is 12.5. The number of esters is 1. The van der Waals surface area contributed by atoms with Crippen molar-refractivity contribution in [3.05, 3.63) is 95.1 Å². The minimum absolute atomic E-state index is 0.428. The second-order valence-corrected chi connectivity index (χ2v) is 7.25. The molecule has 0 amide bonds. The van der Waals surface area contributed by atoms with E-state index in [1.807, 2.05) is 54.6 Å². The van der Waals surface area contributed by atoms with Crippen molar-refractivity contribution in [2.24, 2.45) is 0 Å². The standard InChI is InChI=1S/C27H24O6/c1-29-22-12-10-20(15-26(22)31-3)24-16-21(27(28)33-24)13-19-9-11-23(25(14-19)30-2)32-17-18-7-5-4-6-8-18/h4-16H,17H2,1-3H3. The fraction of sp³-hybridized carbons (Fsp3) is 0.148. The highest BCUT2D eigenvalue weighted by Crippen LogP contribution is 2.35. The average molecular weight is 444 g/mol. The van der Waals surface area contributed by atoms with E-state index in [0.29, 0.717) is 46.5 Å². The topological polar surface area (TPSA) is 63.2 Å². The van der Waals surface area contributed by atoms with Crippen LogP contribution in [0.1, 0.15) is 16.7 Å². The highest BCUT2D eigenvalue weighted by molar-refractivity contribution is 6.05. The zero-order valence-electron chi connectivity index (χ0n) is 18.7. The lowest BCUT2D eigenvalue weighted by Gasteiger charge is -2.11. The van der Waals surface area contributed by atoms with Crippen LogP contribution in [0.4, 0.5) is 0 Å². The maximum atomic E-state index is 12.5. The summed E-state index contributed by atoms with van der Waals surface area (Å²) >= 11 is 0. The van der Waals surface area contributed by atoms with Crippen molar-refractivity contribution in [3.8, 4) is 23.0 Å². The molecule has 0 spiro atoms. The smallest absolute Gasteiger partial charge is 0.343 e. The molecule has 1 heterocycles. The summed E-state index contributed by atoms with van der Waals surface area (Å²) in [5, 5.41) is 0. The van der Waals surface area contributed by atoms with E-state index in [9.17, 15) is 4.79 Å². The van der Waals surface area contributed by atoms with Crippen LogP contribution in [0.3, 0.4) is 0 Å². The summed E-state index contributed by atoms with van der Waals surface area (Å²) in [5.74, 6) is 2.38. The minimum atomic E-state index is -0.428. The minimum Gasteiger partial charge on any atom is -0.493 e. The Hall–Kier alpha value is -4.19. The molecule has 6 nitrogen and oxygen atoms in total. The van der Waals surface area contributed by atoms with Crippen LogP contribution < -0.4 is 18.9 Å². The Labute approximate surface area is 192 Å². The Kier molecular flexibility index (Phi) is 6.64. The number of carbonyl (C=O) groups excluding carboxylic acids is 1. The normalized spacial score (nSPS) is 14.0. The summed E-state index contributed by atoms with van der Waals surface area (Å²) < 4.78 is 27.5. The van der Waals surface area contributed by atoms with Crippen molar-refractivity contribution >= 4 is 17.8 Å². The first-order chi connectivity index (χ1) is 16.1. The summed E-state index contributed by atoms with van der Waals surface area (Å²) in [6.07, 6.45) is 3.45. The van der Waals surface area contributed by atoms with E-state index < -0.39 is 5.97 Å². The summed E-state index contributed by atoms with van der Waals surface area (Å²) in [7, 11) is 4.71. The van der Waals surface area contributed by atoms with Crippen molar-refractivity contribution in [1.82, 2.24) is 0 Å². The fourth-order valence-electron chi connectivity index (χ4n) is 3.43. The van der Waals surface area contributed by atoms with Crippen LogP contribution in [0.2, 0.25) is 0 Å². The van der Waals surface area contributed by atoms with Crippen LogP contribution >= 0.6 is 0 Å². The zero-order valence-corrected chi connectivity index (χ0v) is 18.7. The molecule has 0 unspecified atom stereocenters. The summed E-state index contributed by atoms with van der Waals surface area (Å²) in [6.45, 7) is 0.432. The van der Waals surface area contributed by atoms with E-state index in [1.54, 1.807) is 45.6 Å². The first-order valence-electron chi connectivity index (χ1n) is 10.3. The molecule has 3 aromatic carbocycles. The molecule has 0 aromatic heterocycles. The van der Waals surface area contributed by atoms with Gasteiger partial charge in [0.1, 0.15) is 12.4 Å². The second kappa shape index (κ2) is 9.96. The van der Waals surface area contributed by atoms with Gasteiger partial charge in [0.15, 0.2) is 23.0 Å². The molecule has 6 heteroatoms. The molecule has 0 atom stereocenters. The van der Waals surface area contributed by atoms with Gasteiger partial charge in [-0.05, 0) is 53.6 Å². The molecule has 0 bridgehead atoms. The maximum Gasteiger partial charge on any atom is 0.343 e. The molecule has 33 heavy (non-hydrogen) atoms. The number of cyclic esters (lactones) is 1. The van der Waals surface area contributed by atoms with Crippen molar-refractivity contribution in [1.29, 1.82) is 0 Å². The number of hydrogen-bond acceptors (Lipinski definition) is 6. The van der Waals surface area contributed by atoms with Crippen LogP contribution in [0.15, 0.2) is 78.4 Å². The number of methoxy groups -OCH3 is 3. The highest BCUT2D eigenvalue weighted by atomic mass is 16.5. The lowest BCUT2D eigenvalue weighted by molar-refractivity contribution is -0.130. The lowest BCUT2D eigenvalue weighted by atomic mass is 10.1. The Balaban J connectivity index is 1.55. The molecular formula is C27H24O6. The van der Waals surface area contributed by atoms with Gasteiger partial charge < -0.3 is 23.7 Å². The van der Waals surface area contributed by atoms with Crippen LogP contribution in [0, 0.1) is 0 Å². The SMILES string of the molecule is COc1ccc(C2=CC(=Cc3ccc(OCc4ccccc4)c(OC)c3)C(=O)O2)cc1OC. The Morgan fingerprint density at radius 1 is 0.788 bits per heavy atom. The molecule has 3 aromatic rings. The molecule has 0 N–H and O–H groups in total. The van der Waals surface area contributed by atoms with Gasteiger partial charge in [-0.25, -0.2) is 4.79 Å². The highest BCUT2D eigenvalue weighted by Gasteiger charge is 2.23. The quantitative estimate of drug-likeness (QED) is 0.348. The molecule has 4 rings (SSSR count). The fourth-order valence-corrected chi connectivity index (χ4v) is 3.43. The molecule has 1 aliphatic heterocycles. The first kappa shape index (κ1) is 22.0. The van der Waals surface area contributed by atoms with E-state index in [4.69, 9.17) is 23.7 Å². The Morgan fingerprint density at radius 3 is 2.21 bits per heavy atom. The second-order valence-electron chi connectivity index (χ2n) is 7.25. The van der Waals surface area contributed by atoms with Crippen molar-refractivity contribution in [2.75, 3.05) is 21.3 Å². The molecule has 0 saturated heterocycles. The molecule has 0 fully saturated rings. The van der Waals surface area contributed by atoms with Crippen LogP contribution in [0.5, 0.6) is 23.0 Å². The third-order valence-corrected chi connectivity index (χ3v) is 5.14. The molecule has 0 saturated carbocycles. The Bertz CT molecular complexity index is 1210. The lowest BCUT2D eigenvalue weighted by Crippen LogP contribution is -1.99. The third kappa shape index (κ3) is 5.01. The molecule has 168 valence electrons. The number of benzene rings is 3. The van der Waals surface area contributed by atoms with Crippen LogP contribution in [-0.2, 0) is 16.1 Å². The van der Waals surface area contributed by atoms with E-state index >= 15 is 0 Å². The van der Waals surface area contributed by atoms with Gasteiger partial charge in [0.05, 0.1) is 26.9 Å². The van der Waals surface area contributed by atoms with E-state index in [2.05, 4.69) is 0 Å².